The Bertz CT molecular complexity index is 374. The minimum absolute atomic E-state index is 0.293. The largest absolute Gasteiger partial charge is 0.465 e. The molecule has 1 amide bonds. The van der Waals surface area contributed by atoms with Crippen LogP contribution in [-0.4, -0.2) is 23.4 Å². The standard InChI is InChI=1S/C23H45NO4/c1-3-5-7-8-9-10-11-12-13-14-15-16-18-20-22(25)28-21(24-23(26)27)19-17-6-4-2/h21,24H,3-20H2,1-2H3,(H,26,27). The van der Waals surface area contributed by atoms with Crippen molar-refractivity contribution in [2.24, 2.45) is 0 Å². The van der Waals surface area contributed by atoms with Crippen LogP contribution in [0.5, 0.6) is 0 Å². The first-order chi connectivity index (χ1) is 13.6. The molecular weight excluding hydrogens is 354 g/mol. The van der Waals surface area contributed by atoms with E-state index in [1.807, 2.05) is 0 Å². The van der Waals surface area contributed by atoms with E-state index in [1.165, 1.54) is 64.2 Å². The van der Waals surface area contributed by atoms with Crippen molar-refractivity contribution in [1.82, 2.24) is 5.32 Å². The van der Waals surface area contributed by atoms with Crippen LogP contribution in [0.1, 0.15) is 129 Å². The third kappa shape index (κ3) is 19.5. The summed E-state index contributed by atoms with van der Waals surface area (Å²) in [6.07, 6.45) is 18.5. The molecule has 166 valence electrons. The lowest BCUT2D eigenvalue weighted by Crippen LogP contribution is -2.37. The minimum Gasteiger partial charge on any atom is -0.465 e. The van der Waals surface area contributed by atoms with Gasteiger partial charge in [-0.1, -0.05) is 104 Å². The molecule has 2 N–H and O–H groups in total. The molecule has 0 aliphatic rings. The average molecular weight is 400 g/mol. The number of carbonyl (C=O) groups is 2. The molecular formula is C23H45NO4. The van der Waals surface area contributed by atoms with Gasteiger partial charge in [0.25, 0.3) is 0 Å². The SMILES string of the molecule is CCCCCCCCCCCCCCCC(=O)OC(CCCCC)NC(=O)O. The number of carboxylic acid groups (broad SMARTS) is 1. The first-order valence-electron chi connectivity index (χ1n) is 11.8. The number of hydrogen-bond donors (Lipinski definition) is 2. The van der Waals surface area contributed by atoms with Crippen LogP contribution in [-0.2, 0) is 9.53 Å². The third-order valence-corrected chi connectivity index (χ3v) is 5.11. The maximum Gasteiger partial charge on any atom is 0.407 e. The van der Waals surface area contributed by atoms with E-state index < -0.39 is 12.3 Å². The predicted octanol–water partition coefficient (Wildman–Crippen LogP) is 7.18. The van der Waals surface area contributed by atoms with Gasteiger partial charge in [0.05, 0.1) is 0 Å². The second-order valence-corrected chi connectivity index (χ2v) is 7.92. The van der Waals surface area contributed by atoms with Gasteiger partial charge in [-0.25, -0.2) is 4.79 Å². The van der Waals surface area contributed by atoms with Crippen LogP contribution < -0.4 is 5.32 Å². The van der Waals surface area contributed by atoms with Gasteiger partial charge in [-0.3, -0.25) is 10.1 Å². The zero-order valence-electron chi connectivity index (χ0n) is 18.5. The molecule has 0 aromatic carbocycles. The molecule has 0 heterocycles. The number of nitrogens with one attached hydrogen (secondary N) is 1. The van der Waals surface area contributed by atoms with Gasteiger partial charge in [0.2, 0.25) is 0 Å². The zero-order chi connectivity index (χ0) is 20.9. The molecule has 0 aromatic heterocycles. The lowest BCUT2D eigenvalue weighted by atomic mass is 10.0. The number of hydrogen-bond acceptors (Lipinski definition) is 3. The molecule has 0 bridgehead atoms. The van der Waals surface area contributed by atoms with E-state index in [9.17, 15) is 9.59 Å². The van der Waals surface area contributed by atoms with Gasteiger partial charge in [0.1, 0.15) is 0 Å². The number of rotatable bonds is 20. The smallest absolute Gasteiger partial charge is 0.407 e. The van der Waals surface area contributed by atoms with E-state index in [4.69, 9.17) is 9.84 Å². The van der Waals surface area contributed by atoms with Gasteiger partial charge in [-0.15, -0.1) is 0 Å². The predicted molar refractivity (Wildman–Crippen MR) is 115 cm³/mol. The topological polar surface area (TPSA) is 75.6 Å². The quantitative estimate of drug-likeness (QED) is 0.129. The van der Waals surface area contributed by atoms with E-state index in [0.29, 0.717) is 12.8 Å². The molecule has 0 aliphatic heterocycles. The molecule has 5 heteroatoms. The Morgan fingerprint density at radius 1 is 0.714 bits per heavy atom. The monoisotopic (exact) mass is 399 g/mol. The van der Waals surface area contributed by atoms with Gasteiger partial charge < -0.3 is 9.84 Å². The normalized spacial score (nSPS) is 11.9. The fraction of sp³-hybridized carbons (Fsp3) is 0.913. The first-order valence-corrected chi connectivity index (χ1v) is 11.8. The number of esters is 1. The fourth-order valence-electron chi connectivity index (χ4n) is 3.38. The molecule has 0 radical (unpaired) electrons. The summed E-state index contributed by atoms with van der Waals surface area (Å²) < 4.78 is 5.28. The van der Waals surface area contributed by atoms with Crippen LogP contribution in [0.15, 0.2) is 0 Å². The molecule has 0 spiro atoms. The Labute approximate surface area is 173 Å². The van der Waals surface area contributed by atoms with Crippen LogP contribution in [0, 0.1) is 0 Å². The molecule has 0 aromatic rings. The summed E-state index contributed by atoms with van der Waals surface area (Å²) in [5.41, 5.74) is 0. The van der Waals surface area contributed by atoms with Crippen LogP contribution in [0.25, 0.3) is 0 Å². The Kier molecular flexibility index (Phi) is 19.6. The van der Waals surface area contributed by atoms with Crippen molar-refractivity contribution in [2.75, 3.05) is 0 Å². The van der Waals surface area contributed by atoms with Crippen molar-refractivity contribution in [1.29, 1.82) is 0 Å². The van der Waals surface area contributed by atoms with Crippen molar-refractivity contribution < 1.29 is 19.4 Å². The summed E-state index contributed by atoms with van der Waals surface area (Å²) in [5, 5.41) is 11.1. The van der Waals surface area contributed by atoms with Gasteiger partial charge in [0.15, 0.2) is 6.23 Å². The molecule has 0 saturated heterocycles. The highest BCUT2D eigenvalue weighted by molar-refractivity contribution is 5.70. The zero-order valence-corrected chi connectivity index (χ0v) is 18.5. The molecule has 0 rings (SSSR count). The summed E-state index contributed by atoms with van der Waals surface area (Å²) in [6, 6.07) is 0. The highest BCUT2D eigenvalue weighted by atomic mass is 16.6. The Balaban J connectivity index is 3.55. The Morgan fingerprint density at radius 2 is 1.14 bits per heavy atom. The summed E-state index contributed by atoms with van der Waals surface area (Å²) in [5.74, 6) is -0.293. The van der Waals surface area contributed by atoms with E-state index >= 15 is 0 Å². The van der Waals surface area contributed by atoms with Crippen molar-refractivity contribution in [2.45, 2.75) is 136 Å². The molecule has 0 fully saturated rings. The highest BCUT2D eigenvalue weighted by Crippen LogP contribution is 2.13. The third-order valence-electron chi connectivity index (χ3n) is 5.11. The number of unbranched alkanes of at least 4 members (excludes halogenated alkanes) is 14. The molecule has 5 nitrogen and oxygen atoms in total. The summed E-state index contributed by atoms with van der Waals surface area (Å²) in [6.45, 7) is 4.34. The van der Waals surface area contributed by atoms with Crippen LogP contribution in [0.4, 0.5) is 4.79 Å². The molecule has 1 atom stereocenters. The Morgan fingerprint density at radius 3 is 1.61 bits per heavy atom. The van der Waals surface area contributed by atoms with E-state index in [1.54, 1.807) is 0 Å². The average Bonchev–Trinajstić information content (AvgIpc) is 2.65. The first kappa shape index (κ1) is 26.7. The van der Waals surface area contributed by atoms with E-state index in [2.05, 4.69) is 19.2 Å². The second kappa shape index (κ2) is 20.5. The van der Waals surface area contributed by atoms with Gasteiger partial charge >= 0.3 is 12.1 Å². The maximum absolute atomic E-state index is 11.9. The number of carbonyl (C=O) groups excluding carboxylic acids is 1. The van der Waals surface area contributed by atoms with Crippen LogP contribution in [0.3, 0.4) is 0 Å². The van der Waals surface area contributed by atoms with Crippen molar-refractivity contribution in [3.05, 3.63) is 0 Å². The molecule has 0 aliphatic carbocycles. The van der Waals surface area contributed by atoms with Crippen molar-refractivity contribution >= 4 is 12.1 Å². The summed E-state index contributed by atoms with van der Waals surface area (Å²) in [4.78, 5) is 22.7. The minimum atomic E-state index is -1.14. The van der Waals surface area contributed by atoms with Gasteiger partial charge in [-0.05, 0) is 12.8 Å². The molecule has 1 unspecified atom stereocenters. The molecule has 28 heavy (non-hydrogen) atoms. The number of amides is 1. The maximum atomic E-state index is 11.9. The van der Waals surface area contributed by atoms with Crippen molar-refractivity contribution in [3.8, 4) is 0 Å². The Hall–Kier alpha value is -1.26. The lowest BCUT2D eigenvalue weighted by molar-refractivity contribution is -0.150. The van der Waals surface area contributed by atoms with E-state index in [0.717, 1.165) is 38.5 Å². The fourth-order valence-corrected chi connectivity index (χ4v) is 3.38. The van der Waals surface area contributed by atoms with Crippen LogP contribution >= 0.6 is 0 Å². The van der Waals surface area contributed by atoms with Crippen molar-refractivity contribution in [3.63, 3.8) is 0 Å². The van der Waals surface area contributed by atoms with Crippen LogP contribution in [0.2, 0.25) is 0 Å². The lowest BCUT2D eigenvalue weighted by Gasteiger charge is -2.17. The summed E-state index contributed by atoms with van der Waals surface area (Å²) >= 11 is 0. The van der Waals surface area contributed by atoms with Gasteiger partial charge in [0, 0.05) is 12.8 Å². The van der Waals surface area contributed by atoms with E-state index in [-0.39, 0.29) is 5.97 Å². The molecule has 0 saturated carbocycles. The highest BCUT2D eigenvalue weighted by Gasteiger charge is 2.15. The van der Waals surface area contributed by atoms with Gasteiger partial charge in [-0.2, -0.15) is 0 Å². The second-order valence-electron chi connectivity index (χ2n) is 7.92. The summed E-state index contributed by atoms with van der Waals surface area (Å²) in [7, 11) is 0. The number of ether oxygens (including phenoxy) is 1.